The van der Waals surface area contributed by atoms with Gasteiger partial charge < -0.3 is 19.0 Å². The van der Waals surface area contributed by atoms with E-state index in [0.717, 1.165) is 30.4 Å². The van der Waals surface area contributed by atoms with Gasteiger partial charge in [-0.1, -0.05) is 26.0 Å². The zero-order valence-corrected chi connectivity index (χ0v) is 13.5. The fourth-order valence-electron chi connectivity index (χ4n) is 3.97. The Labute approximate surface area is 131 Å². The molecule has 120 valence electrons. The summed E-state index contributed by atoms with van der Waals surface area (Å²) < 4.78 is 17.2. The van der Waals surface area contributed by atoms with Crippen molar-refractivity contribution in [3.8, 4) is 5.75 Å². The Bertz CT molecular complexity index is 537. The summed E-state index contributed by atoms with van der Waals surface area (Å²) in [6, 6.07) is 7.83. The molecule has 1 aromatic rings. The van der Waals surface area contributed by atoms with Crippen molar-refractivity contribution in [3.05, 3.63) is 29.8 Å². The lowest BCUT2D eigenvalue weighted by Crippen LogP contribution is -2.46. The molecule has 4 heteroatoms. The SMILES string of the molecule is COc1ccc(COC[C@@]23CC[C@@H](O2)C(C)(C)[C@@H]3C=O)cc1. The summed E-state index contributed by atoms with van der Waals surface area (Å²) in [6.07, 6.45) is 3.17. The van der Waals surface area contributed by atoms with Crippen molar-refractivity contribution in [2.45, 2.75) is 45.0 Å². The molecule has 1 aromatic carbocycles. The van der Waals surface area contributed by atoms with Gasteiger partial charge in [-0.15, -0.1) is 0 Å². The highest BCUT2D eigenvalue weighted by molar-refractivity contribution is 5.59. The molecule has 0 unspecified atom stereocenters. The number of fused-ring (bicyclic) bond motifs is 2. The number of ether oxygens (including phenoxy) is 3. The second kappa shape index (κ2) is 5.67. The van der Waals surface area contributed by atoms with Crippen LogP contribution in [0, 0.1) is 11.3 Å². The third kappa shape index (κ3) is 2.44. The first-order chi connectivity index (χ1) is 10.5. The van der Waals surface area contributed by atoms with Gasteiger partial charge in [-0.3, -0.25) is 0 Å². The van der Waals surface area contributed by atoms with Gasteiger partial charge in [-0.2, -0.15) is 0 Å². The first kappa shape index (κ1) is 15.5. The molecule has 0 aliphatic carbocycles. The zero-order chi connectivity index (χ0) is 15.8. The number of rotatable bonds is 6. The molecule has 2 fully saturated rings. The minimum absolute atomic E-state index is 0.0883. The van der Waals surface area contributed by atoms with Crippen molar-refractivity contribution in [1.82, 2.24) is 0 Å². The van der Waals surface area contributed by atoms with Crippen LogP contribution in [0.1, 0.15) is 32.3 Å². The molecule has 4 nitrogen and oxygen atoms in total. The quantitative estimate of drug-likeness (QED) is 0.758. The molecular weight excluding hydrogens is 280 g/mol. The topological polar surface area (TPSA) is 44.8 Å². The zero-order valence-electron chi connectivity index (χ0n) is 13.5. The predicted octanol–water partition coefficient (Wildman–Crippen LogP) is 2.98. The molecule has 0 N–H and O–H groups in total. The van der Waals surface area contributed by atoms with E-state index in [4.69, 9.17) is 14.2 Å². The molecule has 2 bridgehead atoms. The molecule has 3 rings (SSSR count). The van der Waals surface area contributed by atoms with Gasteiger partial charge in [0.2, 0.25) is 0 Å². The van der Waals surface area contributed by atoms with Crippen LogP contribution >= 0.6 is 0 Å². The van der Waals surface area contributed by atoms with Crippen LogP contribution in [0.15, 0.2) is 24.3 Å². The van der Waals surface area contributed by atoms with Crippen molar-refractivity contribution < 1.29 is 19.0 Å². The summed E-state index contributed by atoms with van der Waals surface area (Å²) >= 11 is 0. The van der Waals surface area contributed by atoms with Gasteiger partial charge in [0.25, 0.3) is 0 Å². The second-order valence-corrected chi connectivity index (χ2v) is 6.99. The van der Waals surface area contributed by atoms with Gasteiger partial charge in [0.1, 0.15) is 17.6 Å². The maximum atomic E-state index is 11.6. The highest BCUT2D eigenvalue weighted by Gasteiger charge is 2.63. The summed E-state index contributed by atoms with van der Waals surface area (Å²) in [5.41, 5.74) is 0.568. The molecule has 0 spiro atoms. The lowest BCUT2D eigenvalue weighted by atomic mass is 9.64. The van der Waals surface area contributed by atoms with E-state index in [9.17, 15) is 4.79 Å². The first-order valence-electron chi connectivity index (χ1n) is 7.85. The summed E-state index contributed by atoms with van der Waals surface area (Å²) in [5, 5.41) is 0. The fourth-order valence-corrected chi connectivity index (χ4v) is 3.97. The Balaban J connectivity index is 1.62. The maximum absolute atomic E-state index is 11.6. The predicted molar refractivity (Wildman–Crippen MR) is 82.8 cm³/mol. The lowest BCUT2D eigenvalue weighted by molar-refractivity contribution is -0.123. The largest absolute Gasteiger partial charge is 0.497 e. The number of benzene rings is 1. The Morgan fingerprint density at radius 3 is 2.68 bits per heavy atom. The number of carbonyl (C=O) groups is 1. The van der Waals surface area contributed by atoms with Gasteiger partial charge in [0, 0.05) is 5.41 Å². The van der Waals surface area contributed by atoms with E-state index >= 15 is 0 Å². The smallest absolute Gasteiger partial charge is 0.126 e. The van der Waals surface area contributed by atoms with Crippen molar-refractivity contribution in [2.75, 3.05) is 13.7 Å². The van der Waals surface area contributed by atoms with E-state index in [1.54, 1.807) is 7.11 Å². The van der Waals surface area contributed by atoms with Crippen molar-refractivity contribution in [2.24, 2.45) is 11.3 Å². The van der Waals surface area contributed by atoms with Crippen LogP contribution in [0.5, 0.6) is 5.75 Å². The van der Waals surface area contributed by atoms with Gasteiger partial charge >= 0.3 is 0 Å². The summed E-state index contributed by atoms with van der Waals surface area (Å²) in [4.78, 5) is 11.6. The molecule has 0 amide bonds. The molecule has 2 aliphatic rings. The number of methoxy groups -OCH3 is 1. The van der Waals surface area contributed by atoms with Crippen LogP contribution < -0.4 is 4.74 Å². The fraction of sp³-hybridized carbons (Fsp3) is 0.611. The van der Waals surface area contributed by atoms with E-state index in [-0.39, 0.29) is 17.4 Å². The molecule has 3 atom stereocenters. The second-order valence-electron chi connectivity index (χ2n) is 6.99. The normalized spacial score (nSPS) is 32.1. The summed E-state index contributed by atoms with van der Waals surface area (Å²) in [7, 11) is 1.65. The maximum Gasteiger partial charge on any atom is 0.126 e. The molecule has 0 saturated carbocycles. The van der Waals surface area contributed by atoms with E-state index < -0.39 is 5.60 Å². The van der Waals surface area contributed by atoms with E-state index in [1.165, 1.54) is 0 Å². The van der Waals surface area contributed by atoms with Crippen molar-refractivity contribution in [3.63, 3.8) is 0 Å². The summed E-state index contributed by atoms with van der Waals surface area (Å²) in [5.74, 6) is 0.748. The van der Waals surface area contributed by atoms with Gasteiger partial charge in [-0.25, -0.2) is 0 Å². The van der Waals surface area contributed by atoms with Crippen molar-refractivity contribution in [1.29, 1.82) is 0 Å². The highest BCUT2D eigenvalue weighted by Crippen LogP contribution is 2.57. The highest BCUT2D eigenvalue weighted by atomic mass is 16.6. The van der Waals surface area contributed by atoms with Crippen molar-refractivity contribution >= 4 is 6.29 Å². The third-order valence-corrected chi connectivity index (χ3v) is 5.32. The number of hydrogen-bond acceptors (Lipinski definition) is 4. The van der Waals surface area contributed by atoms with Crippen LogP contribution in [-0.4, -0.2) is 31.7 Å². The Hall–Kier alpha value is -1.39. The van der Waals surface area contributed by atoms with Crippen LogP contribution in [-0.2, 0) is 20.9 Å². The molecule has 0 aromatic heterocycles. The first-order valence-corrected chi connectivity index (χ1v) is 7.85. The van der Waals surface area contributed by atoms with Crippen LogP contribution in [0.2, 0.25) is 0 Å². The Morgan fingerprint density at radius 1 is 1.32 bits per heavy atom. The Morgan fingerprint density at radius 2 is 2.05 bits per heavy atom. The van der Waals surface area contributed by atoms with Crippen LogP contribution in [0.4, 0.5) is 0 Å². The third-order valence-electron chi connectivity index (χ3n) is 5.32. The molecule has 2 aliphatic heterocycles. The average Bonchev–Trinajstić information content (AvgIpc) is 3.02. The van der Waals surface area contributed by atoms with Crippen LogP contribution in [0.25, 0.3) is 0 Å². The monoisotopic (exact) mass is 304 g/mol. The minimum Gasteiger partial charge on any atom is -0.497 e. The molecule has 22 heavy (non-hydrogen) atoms. The summed E-state index contributed by atoms with van der Waals surface area (Å²) in [6.45, 7) is 5.25. The van der Waals surface area contributed by atoms with Gasteiger partial charge in [0.05, 0.1) is 32.3 Å². The van der Waals surface area contributed by atoms with Crippen LogP contribution in [0.3, 0.4) is 0 Å². The van der Waals surface area contributed by atoms with E-state index in [0.29, 0.717) is 13.2 Å². The number of carbonyl (C=O) groups excluding carboxylic acids is 1. The number of hydrogen-bond donors (Lipinski definition) is 0. The molecule has 0 radical (unpaired) electrons. The average molecular weight is 304 g/mol. The van der Waals surface area contributed by atoms with Gasteiger partial charge in [-0.05, 0) is 30.5 Å². The molecule has 2 saturated heterocycles. The van der Waals surface area contributed by atoms with E-state index in [1.807, 2.05) is 24.3 Å². The van der Waals surface area contributed by atoms with E-state index in [2.05, 4.69) is 13.8 Å². The van der Waals surface area contributed by atoms with Gasteiger partial charge in [0.15, 0.2) is 0 Å². The molecule has 2 heterocycles. The minimum atomic E-state index is -0.428. The number of aldehydes is 1. The standard InChI is InChI=1S/C18H24O4/c1-17(2)15(10-19)18(9-8-16(17)22-18)12-21-11-13-4-6-14(20-3)7-5-13/h4-7,10,15-16H,8-9,11-12H2,1-3H3/t15-,16+,18+/m0/s1. The lowest BCUT2D eigenvalue weighted by Gasteiger charge is -2.37. The molecular formula is C18H24O4. The Kier molecular flexibility index (Phi) is 4.00.